The molecule has 6 rings (SSSR count). The van der Waals surface area contributed by atoms with Gasteiger partial charge in [-0.15, -0.1) is 0 Å². The predicted octanol–water partition coefficient (Wildman–Crippen LogP) is 7.52. The largest absolute Gasteiger partial charge is 0.381 e. The van der Waals surface area contributed by atoms with Gasteiger partial charge in [-0.3, -0.25) is 9.69 Å². The molecular formula is C29H30F2N4O3S. The first kappa shape index (κ1) is 26.0. The third-order valence-electron chi connectivity index (χ3n) is 7.99. The van der Waals surface area contributed by atoms with E-state index in [1.165, 1.54) is 17.8 Å². The van der Waals surface area contributed by atoms with Crippen LogP contribution in [0.15, 0.2) is 40.9 Å². The number of ether oxygens (including phenoxy) is 1. The topological polar surface area (TPSA) is 73.4 Å². The first-order valence-corrected chi connectivity index (χ1v) is 14.2. The maximum absolute atomic E-state index is 14.3. The number of thioether (sulfide) groups is 1. The average molecular weight is 553 g/mol. The van der Waals surface area contributed by atoms with Crippen molar-refractivity contribution in [3.8, 4) is 11.1 Å². The zero-order valence-electron chi connectivity index (χ0n) is 22.1. The van der Waals surface area contributed by atoms with E-state index in [9.17, 15) is 13.6 Å². The van der Waals surface area contributed by atoms with Gasteiger partial charge >= 0.3 is 0 Å². The first-order chi connectivity index (χ1) is 18.9. The summed E-state index contributed by atoms with van der Waals surface area (Å²) in [5.41, 5.74) is 4.84. The molecule has 0 radical (unpaired) electrons. The molecule has 0 unspecified atom stereocenters. The smallest absolute Gasteiger partial charge is 0.286 e. The van der Waals surface area contributed by atoms with E-state index in [0.29, 0.717) is 17.9 Å². The predicted molar refractivity (Wildman–Crippen MR) is 147 cm³/mol. The fourth-order valence-electron chi connectivity index (χ4n) is 6.07. The van der Waals surface area contributed by atoms with Gasteiger partial charge in [0, 0.05) is 36.2 Å². The molecule has 4 aromatic rings. The van der Waals surface area contributed by atoms with Crippen LogP contribution in [0.1, 0.15) is 61.5 Å². The third kappa shape index (κ3) is 4.63. The quantitative estimate of drug-likeness (QED) is 0.255. The minimum atomic E-state index is -0.981. The van der Waals surface area contributed by atoms with Gasteiger partial charge in [-0.05, 0) is 75.8 Å². The summed E-state index contributed by atoms with van der Waals surface area (Å²) in [5.74, 6) is 0.198. The Morgan fingerprint density at radius 1 is 1.03 bits per heavy atom. The highest BCUT2D eigenvalue weighted by atomic mass is 32.2. The van der Waals surface area contributed by atoms with Crippen molar-refractivity contribution in [2.45, 2.75) is 64.1 Å². The van der Waals surface area contributed by atoms with Crippen LogP contribution in [-0.4, -0.2) is 38.9 Å². The summed E-state index contributed by atoms with van der Waals surface area (Å²) >= 11 is 1.18. The Hall–Kier alpha value is -3.24. The number of aryl methyl sites for hydroxylation is 2. The van der Waals surface area contributed by atoms with Crippen LogP contribution in [0.4, 0.5) is 19.3 Å². The maximum Gasteiger partial charge on any atom is 0.286 e. The number of carbonyl (C=O) groups excluding carboxylic acids is 1. The minimum Gasteiger partial charge on any atom is -0.381 e. The van der Waals surface area contributed by atoms with E-state index in [0.717, 1.165) is 77.3 Å². The Morgan fingerprint density at radius 2 is 1.82 bits per heavy atom. The molecule has 1 aliphatic carbocycles. The van der Waals surface area contributed by atoms with E-state index in [2.05, 4.69) is 21.9 Å². The number of aromatic nitrogens is 3. The molecule has 3 heterocycles. The van der Waals surface area contributed by atoms with Crippen LogP contribution >= 0.6 is 11.8 Å². The number of carbonyl (C=O) groups is 1. The molecule has 7 nitrogen and oxygen atoms in total. The molecule has 2 aromatic heterocycles. The van der Waals surface area contributed by atoms with Crippen LogP contribution in [0.5, 0.6) is 0 Å². The fraction of sp³-hybridized carbons (Fsp3) is 0.414. The van der Waals surface area contributed by atoms with Crippen molar-refractivity contribution < 1.29 is 22.8 Å². The molecule has 1 atom stereocenters. The van der Waals surface area contributed by atoms with Gasteiger partial charge in [0.15, 0.2) is 11.6 Å². The summed E-state index contributed by atoms with van der Waals surface area (Å²) in [6.07, 6.45) is 4.58. The summed E-state index contributed by atoms with van der Waals surface area (Å²) in [7, 11) is 1.75. The number of imidazole rings is 1. The second-order valence-corrected chi connectivity index (χ2v) is 11.3. The molecule has 1 aliphatic heterocycles. The van der Waals surface area contributed by atoms with Crippen LogP contribution in [0, 0.1) is 25.5 Å². The lowest BCUT2D eigenvalue weighted by molar-refractivity contribution is 0.0584. The number of halogens is 2. The lowest BCUT2D eigenvalue weighted by atomic mass is 9.92. The number of anilines is 1. The molecule has 2 aliphatic rings. The van der Waals surface area contributed by atoms with E-state index >= 15 is 0 Å². The van der Waals surface area contributed by atoms with Crippen molar-refractivity contribution in [1.29, 1.82) is 0 Å². The molecule has 0 N–H and O–H groups in total. The Balaban J connectivity index is 1.50. The van der Waals surface area contributed by atoms with Crippen LogP contribution in [0.2, 0.25) is 0 Å². The number of methoxy groups -OCH3 is 1. The Kier molecular flexibility index (Phi) is 6.93. The standard InChI is InChI=1S/C29H30F2N4O3S/c1-16-27(17(2)38-33-16)18-4-11-25-24(14-18)32-28(34(25)19-5-8-21(37-3)9-6-19)26-12-13-39-29(36)35(26)20-7-10-22(30)23(31)15-20/h4,7,10-11,14-15,19,21,26H,5-6,8-9,12-13H2,1-3H3/t19?,21?,26-/m1/s1. The van der Waals surface area contributed by atoms with Crippen LogP contribution in [0.3, 0.4) is 0 Å². The number of fused-ring (bicyclic) bond motifs is 1. The van der Waals surface area contributed by atoms with E-state index in [1.54, 1.807) is 12.0 Å². The molecule has 1 saturated carbocycles. The monoisotopic (exact) mass is 552 g/mol. The second-order valence-electron chi connectivity index (χ2n) is 10.3. The van der Waals surface area contributed by atoms with E-state index < -0.39 is 17.7 Å². The van der Waals surface area contributed by atoms with Crippen molar-refractivity contribution in [2.24, 2.45) is 0 Å². The average Bonchev–Trinajstić information content (AvgIpc) is 3.48. The highest BCUT2D eigenvalue weighted by Crippen LogP contribution is 2.43. The molecule has 10 heteroatoms. The molecule has 0 bridgehead atoms. The minimum absolute atomic E-state index is 0.179. The molecule has 1 amide bonds. The summed E-state index contributed by atoms with van der Waals surface area (Å²) in [6.45, 7) is 3.81. The highest BCUT2D eigenvalue weighted by molar-refractivity contribution is 8.14. The van der Waals surface area contributed by atoms with Crippen molar-refractivity contribution in [2.75, 3.05) is 17.8 Å². The lowest BCUT2D eigenvalue weighted by Gasteiger charge is -2.37. The SMILES string of the molecule is COC1CCC(n2c([C@H]3CCSC(=O)N3c3ccc(F)c(F)c3)nc3cc(-c4c(C)noc4C)ccc32)CC1. The normalized spacial score (nSPS) is 22.1. The number of amides is 1. The third-order valence-corrected chi connectivity index (χ3v) is 8.87. The summed E-state index contributed by atoms with van der Waals surface area (Å²) < 4.78 is 41.4. The summed E-state index contributed by atoms with van der Waals surface area (Å²) in [5, 5.41) is 3.91. The number of rotatable bonds is 5. The fourth-order valence-corrected chi connectivity index (χ4v) is 6.96. The van der Waals surface area contributed by atoms with Crippen LogP contribution in [0.25, 0.3) is 22.2 Å². The lowest BCUT2D eigenvalue weighted by Crippen LogP contribution is -2.38. The van der Waals surface area contributed by atoms with Gasteiger partial charge in [-0.2, -0.15) is 0 Å². The summed E-state index contributed by atoms with van der Waals surface area (Å²) in [6, 6.07) is 9.57. The van der Waals surface area contributed by atoms with Gasteiger partial charge in [0.1, 0.15) is 11.6 Å². The van der Waals surface area contributed by atoms with Gasteiger partial charge in [-0.1, -0.05) is 23.0 Å². The van der Waals surface area contributed by atoms with Gasteiger partial charge in [0.05, 0.1) is 28.9 Å². The molecule has 0 spiro atoms. The zero-order chi connectivity index (χ0) is 27.3. The Morgan fingerprint density at radius 3 is 2.51 bits per heavy atom. The van der Waals surface area contributed by atoms with Crippen molar-refractivity contribution in [1.82, 2.24) is 14.7 Å². The van der Waals surface area contributed by atoms with Crippen LogP contribution in [-0.2, 0) is 4.74 Å². The van der Waals surface area contributed by atoms with Crippen molar-refractivity contribution in [3.05, 3.63) is 65.3 Å². The molecule has 2 fully saturated rings. The second kappa shape index (κ2) is 10.4. The van der Waals surface area contributed by atoms with Gasteiger partial charge in [0.25, 0.3) is 5.24 Å². The summed E-state index contributed by atoms with van der Waals surface area (Å²) in [4.78, 5) is 20.0. The number of nitrogens with zero attached hydrogens (tertiary/aromatic N) is 4. The Bertz CT molecular complexity index is 1520. The molecular weight excluding hydrogens is 522 g/mol. The van der Waals surface area contributed by atoms with Crippen LogP contribution < -0.4 is 4.90 Å². The number of hydrogen-bond donors (Lipinski definition) is 0. The van der Waals surface area contributed by atoms with E-state index in [4.69, 9.17) is 14.2 Å². The highest BCUT2D eigenvalue weighted by Gasteiger charge is 2.37. The zero-order valence-corrected chi connectivity index (χ0v) is 22.9. The number of hydrogen-bond acceptors (Lipinski definition) is 6. The first-order valence-electron chi connectivity index (χ1n) is 13.2. The maximum atomic E-state index is 14.3. The van der Waals surface area contributed by atoms with E-state index in [1.807, 2.05) is 19.9 Å². The molecule has 2 aromatic carbocycles. The molecule has 39 heavy (non-hydrogen) atoms. The van der Waals surface area contributed by atoms with E-state index in [-0.39, 0.29) is 17.4 Å². The number of benzene rings is 2. The molecule has 204 valence electrons. The van der Waals surface area contributed by atoms with Crippen molar-refractivity contribution in [3.63, 3.8) is 0 Å². The molecule has 1 saturated heterocycles. The van der Waals surface area contributed by atoms with Gasteiger partial charge < -0.3 is 13.8 Å². The van der Waals surface area contributed by atoms with Crippen molar-refractivity contribution >= 4 is 33.7 Å². The van der Waals surface area contributed by atoms with Gasteiger partial charge in [-0.25, -0.2) is 13.8 Å². The Labute approximate surface area is 229 Å². The van der Waals surface area contributed by atoms with Gasteiger partial charge in [0.2, 0.25) is 0 Å².